The molecule has 0 amide bonds. The van der Waals surface area contributed by atoms with Gasteiger partial charge in [0.15, 0.2) is 0 Å². The van der Waals surface area contributed by atoms with E-state index in [1.54, 1.807) is 36.4 Å². The smallest absolute Gasteiger partial charge is 0.337 e. The van der Waals surface area contributed by atoms with Crippen molar-refractivity contribution in [1.29, 1.82) is 0 Å². The molecule has 0 saturated heterocycles. The van der Waals surface area contributed by atoms with Gasteiger partial charge in [-0.3, -0.25) is 0 Å². The molecule has 0 aliphatic heterocycles. The summed E-state index contributed by atoms with van der Waals surface area (Å²) >= 11 is 0. The molecule has 0 fully saturated rings. The van der Waals surface area contributed by atoms with Crippen LogP contribution in [0.2, 0.25) is 0 Å². The minimum Gasteiger partial charge on any atom is -0.478 e. The molecule has 3 aromatic rings. The number of rotatable bonds is 6. The molecule has 4 N–H and O–H groups in total. The summed E-state index contributed by atoms with van der Waals surface area (Å²) in [6, 6.07) is 15.5. The maximum absolute atomic E-state index is 12.2. The van der Waals surface area contributed by atoms with Crippen molar-refractivity contribution in [2.75, 3.05) is 0 Å². The molecule has 0 aliphatic rings. The fourth-order valence-electron chi connectivity index (χ4n) is 3.39. The van der Waals surface area contributed by atoms with Crippen LogP contribution >= 0.6 is 0 Å². The molecule has 0 spiro atoms. The van der Waals surface area contributed by atoms with Crippen LogP contribution < -0.4 is 0 Å². The van der Waals surface area contributed by atoms with Crippen molar-refractivity contribution >= 4 is 23.9 Å². The van der Waals surface area contributed by atoms with Crippen molar-refractivity contribution in [3.63, 3.8) is 0 Å². The van der Waals surface area contributed by atoms with E-state index in [4.69, 9.17) is 0 Å². The van der Waals surface area contributed by atoms with Gasteiger partial charge in [-0.15, -0.1) is 0 Å². The van der Waals surface area contributed by atoms with E-state index >= 15 is 0 Å². The Hall–Kier alpha value is -4.46. The second-order valence-corrected chi connectivity index (χ2v) is 6.20. The Bertz CT molecular complexity index is 1090. The molecule has 0 radical (unpaired) electrons. The summed E-state index contributed by atoms with van der Waals surface area (Å²) in [4.78, 5) is 48.2. The van der Waals surface area contributed by atoms with Crippen molar-refractivity contribution in [3.05, 3.63) is 82.9 Å². The highest BCUT2D eigenvalue weighted by molar-refractivity contribution is 6.21. The topological polar surface area (TPSA) is 149 Å². The van der Waals surface area contributed by atoms with Crippen molar-refractivity contribution < 1.29 is 39.6 Å². The Morgan fingerprint density at radius 3 is 0.933 bits per heavy atom. The molecule has 8 heteroatoms. The molecule has 0 aliphatic carbocycles. The van der Waals surface area contributed by atoms with Gasteiger partial charge in [-0.2, -0.15) is 0 Å². The Morgan fingerprint density at radius 2 is 0.700 bits per heavy atom. The van der Waals surface area contributed by atoms with Crippen LogP contribution in [-0.4, -0.2) is 44.3 Å². The number of hydrogen-bond donors (Lipinski definition) is 4. The molecule has 30 heavy (non-hydrogen) atoms. The summed E-state index contributed by atoms with van der Waals surface area (Å²) in [6.45, 7) is 0. The number of carboxylic acids is 4. The van der Waals surface area contributed by atoms with Gasteiger partial charge in [0.25, 0.3) is 0 Å². The van der Waals surface area contributed by atoms with Crippen molar-refractivity contribution in [1.82, 2.24) is 0 Å². The SMILES string of the molecule is O=C(O)c1c(C(=O)O)c(C(=O)O)c(-c2ccccc2)c(-c2ccccc2)c1C(=O)O. The van der Waals surface area contributed by atoms with Gasteiger partial charge in [0.2, 0.25) is 0 Å². The molecule has 0 unspecified atom stereocenters. The summed E-state index contributed by atoms with van der Waals surface area (Å²) in [5.74, 6) is -7.10. The number of carbonyl (C=O) groups is 4. The lowest BCUT2D eigenvalue weighted by molar-refractivity contribution is 0.0620. The van der Waals surface area contributed by atoms with Gasteiger partial charge in [-0.1, -0.05) is 60.7 Å². The van der Waals surface area contributed by atoms with E-state index in [2.05, 4.69) is 0 Å². The van der Waals surface area contributed by atoms with Crippen LogP contribution in [0.4, 0.5) is 0 Å². The first-order valence-electron chi connectivity index (χ1n) is 8.53. The lowest BCUT2D eigenvalue weighted by atomic mass is 9.81. The molecule has 0 heterocycles. The maximum atomic E-state index is 12.2. The first-order chi connectivity index (χ1) is 14.3. The third kappa shape index (κ3) is 3.37. The quantitative estimate of drug-likeness (QED) is 0.483. The molecule has 0 atom stereocenters. The highest BCUT2D eigenvalue weighted by Gasteiger charge is 2.36. The monoisotopic (exact) mass is 406 g/mol. The number of hydrogen-bond acceptors (Lipinski definition) is 4. The first-order valence-corrected chi connectivity index (χ1v) is 8.53. The third-order valence-electron chi connectivity index (χ3n) is 4.48. The lowest BCUT2D eigenvalue weighted by Gasteiger charge is -2.21. The fourth-order valence-corrected chi connectivity index (χ4v) is 3.39. The normalized spacial score (nSPS) is 10.4. The number of benzene rings is 3. The van der Waals surface area contributed by atoms with E-state index < -0.39 is 46.1 Å². The highest BCUT2D eigenvalue weighted by atomic mass is 16.4. The third-order valence-corrected chi connectivity index (χ3v) is 4.48. The molecule has 0 bridgehead atoms. The van der Waals surface area contributed by atoms with Crippen LogP contribution in [0.5, 0.6) is 0 Å². The van der Waals surface area contributed by atoms with Crippen LogP contribution in [0.15, 0.2) is 60.7 Å². The molecular formula is C22H14O8. The average Bonchev–Trinajstić information content (AvgIpc) is 2.72. The number of carboxylic acid groups (broad SMARTS) is 4. The van der Waals surface area contributed by atoms with Crippen molar-refractivity contribution in [2.24, 2.45) is 0 Å². The summed E-state index contributed by atoms with van der Waals surface area (Å²) < 4.78 is 0. The Kier molecular flexibility index (Phi) is 5.33. The predicted molar refractivity (Wildman–Crippen MR) is 105 cm³/mol. The summed E-state index contributed by atoms with van der Waals surface area (Å²) in [6.07, 6.45) is 0. The van der Waals surface area contributed by atoms with E-state index in [0.29, 0.717) is 0 Å². The van der Waals surface area contributed by atoms with Crippen LogP contribution in [0, 0.1) is 0 Å². The summed E-state index contributed by atoms with van der Waals surface area (Å²) in [7, 11) is 0. The predicted octanol–water partition coefficient (Wildman–Crippen LogP) is 3.81. The molecule has 0 aromatic heterocycles. The van der Waals surface area contributed by atoms with Gasteiger partial charge in [0.1, 0.15) is 0 Å². The fraction of sp³-hybridized carbons (Fsp3) is 0. The minimum atomic E-state index is -1.86. The van der Waals surface area contributed by atoms with E-state index in [0.717, 1.165) is 0 Å². The summed E-state index contributed by atoms with van der Waals surface area (Å²) in [5, 5.41) is 39.0. The Labute approximate surface area is 169 Å². The van der Waals surface area contributed by atoms with E-state index in [9.17, 15) is 39.6 Å². The Morgan fingerprint density at radius 1 is 0.433 bits per heavy atom. The molecule has 150 valence electrons. The zero-order valence-corrected chi connectivity index (χ0v) is 15.2. The molecule has 0 saturated carbocycles. The molecule has 3 aromatic carbocycles. The van der Waals surface area contributed by atoms with Crippen LogP contribution in [-0.2, 0) is 0 Å². The largest absolute Gasteiger partial charge is 0.478 e. The van der Waals surface area contributed by atoms with Crippen LogP contribution in [0.1, 0.15) is 41.4 Å². The van der Waals surface area contributed by atoms with Gasteiger partial charge < -0.3 is 20.4 Å². The van der Waals surface area contributed by atoms with Crippen LogP contribution in [0.3, 0.4) is 0 Å². The Balaban J connectivity index is 2.73. The molecular weight excluding hydrogens is 392 g/mol. The van der Waals surface area contributed by atoms with E-state index in [1.807, 2.05) is 0 Å². The maximum Gasteiger partial charge on any atom is 0.337 e. The van der Waals surface area contributed by atoms with Crippen molar-refractivity contribution in [2.45, 2.75) is 0 Å². The van der Waals surface area contributed by atoms with E-state index in [1.165, 1.54) is 24.3 Å². The van der Waals surface area contributed by atoms with Crippen LogP contribution in [0.25, 0.3) is 22.3 Å². The first kappa shape index (κ1) is 20.3. The van der Waals surface area contributed by atoms with Crippen molar-refractivity contribution in [3.8, 4) is 22.3 Å². The lowest BCUT2D eigenvalue weighted by Crippen LogP contribution is -2.22. The standard InChI is InChI=1S/C22H14O8/c23-19(24)15-13(11-7-3-1-4-8-11)14(12-9-5-2-6-10-12)16(20(25)26)18(22(29)30)17(15)21(27)28/h1-10H,(H,23,24)(H,25,26)(H,27,28)(H,29,30). The van der Waals surface area contributed by atoms with Gasteiger partial charge in [0.05, 0.1) is 22.3 Å². The zero-order chi connectivity index (χ0) is 22.0. The highest BCUT2D eigenvalue weighted by Crippen LogP contribution is 2.42. The average molecular weight is 406 g/mol. The molecule has 8 nitrogen and oxygen atoms in total. The zero-order valence-electron chi connectivity index (χ0n) is 15.2. The van der Waals surface area contributed by atoms with Gasteiger partial charge in [-0.05, 0) is 11.1 Å². The van der Waals surface area contributed by atoms with E-state index in [-0.39, 0.29) is 22.3 Å². The second-order valence-electron chi connectivity index (χ2n) is 6.20. The van der Waals surface area contributed by atoms with Gasteiger partial charge in [-0.25, -0.2) is 19.2 Å². The second kappa shape index (κ2) is 7.88. The van der Waals surface area contributed by atoms with Gasteiger partial charge in [0, 0.05) is 11.1 Å². The number of aromatic carboxylic acids is 4. The minimum absolute atomic E-state index is 0.186. The summed E-state index contributed by atoms with van der Waals surface area (Å²) in [5.41, 5.74) is -3.68. The molecule has 3 rings (SSSR count). The van der Waals surface area contributed by atoms with Gasteiger partial charge >= 0.3 is 23.9 Å².